The molecule has 1 aromatic rings. The van der Waals surface area contributed by atoms with Crippen LogP contribution in [0.25, 0.3) is 0 Å². The average Bonchev–Trinajstić information content (AvgIpc) is 2.41. The first kappa shape index (κ1) is 17.5. The number of hydrogen-bond acceptors (Lipinski definition) is 5. The minimum atomic E-state index is -3.80. The predicted molar refractivity (Wildman–Crippen MR) is 81.5 cm³/mol. The highest BCUT2D eigenvalue weighted by atomic mass is 32.2. The number of methoxy groups -OCH3 is 1. The summed E-state index contributed by atoms with van der Waals surface area (Å²) in [7, 11) is -2.58. The number of aryl methyl sites for hydroxylation is 2. The number of esters is 1. The van der Waals surface area contributed by atoms with E-state index in [1.165, 1.54) is 7.11 Å². The van der Waals surface area contributed by atoms with E-state index in [1.54, 1.807) is 26.8 Å². The molecule has 0 heterocycles. The fourth-order valence-corrected chi connectivity index (χ4v) is 4.12. The van der Waals surface area contributed by atoms with Crippen LogP contribution < -0.4 is 5.73 Å². The van der Waals surface area contributed by atoms with E-state index in [9.17, 15) is 13.2 Å². The van der Waals surface area contributed by atoms with Crippen LogP contribution in [0.1, 0.15) is 23.6 Å². The van der Waals surface area contributed by atoms with Crippen LogP contribution in [0.15, 0.2) is 11.0 Å². The predicted octanol–water partition coefficient (Wildman–Crippen LogP) is 1.38. The first-order valence-electron chi connectivity index (χ1n) is 6.60. The fourth-order valence-electron chi connectivity index (χ4n) is 2.28. The first-order valence-corrected chi connectivity index (χ1v) is 8.04. The molecule has 0 aromatic heterocycles. The third-order valence-electron chi connectivity index (χ3n) is 3.44. The molecule has 0 amide bonds. The van der Waals surface area contributed by atoms with Crippen molar-refractivity contribution in [3.05, 3.63) is 22.8 Å². The van der Waals surface area contributed by atoms with Crippen molar-refractivity contribution in [3.63, 3.8) is 0 Å². The van der Waals surface area contributed by atoms with Gasteiger partial charge in [-0.25, -0.2) is 8.42 Å². The van der Waals surface area contributed by atoms with Gasteiger partial charge >= 0.3 is 5.97 Å². The van der Waals surface area contributed by atoms with Crippen molar-refractivity contribution in [2.24, 2.45) is 0 Å². The Labute approximate surface area is 125 Å². The summed E-state index contributed by atoms with van der Waals surface area (Å²) in [6, 6.07) is 1.74. The summed E-state index contributed by atoms with van der Waals surface area (Å²) in [5, 5.41) is 0. The van der Waals surface area contributed by atoms with E-state index >= 15 is 0 Å². The van der Waals surface area contributed by atoms with Crippen molar-refractivity contribution in [2.75, 3.05) is 25.9 Å². The molecule has 7 heteroatoms. The standard InChI is InChI=1S/C14H22N2O4S/c1-6-16(8-12(17)20-5)21(18,19)14-10(3)7-9(2)13(15)11(14)4/h7H,6,8,15H2,1-5H3. The lowest BCUT2D eigenvalue weighted by atomic mass is 10.1. The third kappa shape index (κ3) is 3.36. The summed E-state index contributed by atoms with van der Waals surface area (Å²) in [5.41, 5.74) is 8.35. The Bertz CT molecular complexity index is 653. The molecular formula is C14H22N2O4S. The number of hydrogen-bond donors (Lipinski definition) is 1. The molecule has 0 aliphatic carbocycles. The van der Waals surface area contributed by atoms with Gasteiger partial charge in [0.05, 0.1) is 12.0 Å². The maximum Gasteiger partial charge on any atom is 0.321 e. The second-order valence-corrected chi connectivity index (χ2v) is 6.76. The second-order valence-electron chi connectivity index (χ2n) is 4.89. The molecule has 1 rings (SSSR count). The SMILES string of the molecule is CCN(CC(=O)OC)S(=O)(=O)c1c(C)cc(C)c(N)c1C. The molecule has 2 N–H and O–H groups in total. The van der Waals surface area contributed by atoms with Crippen LogP contribution in [-0.4, -0.2) is 38.9 Å². The molecule has 0 aliphatic heterocycles. The number of nitrogens with two attached hydrogens (primary N) is 1. The fraction of sp³-hybridized carbons (Fsp3) is 0.500. The Morgan fingerprint density at radius 3 is 2.33 bits per heavy atom. The molecule has 0 radical (unpaired) electrons. The molecule has 0 spiro atoms. The quantitative estimate of drug-likeness (QED) is 0.655. The molecule has 0 saturated heterocycles. The monoisotopic (exact) mass is 314 g/mol. The Hall–Kier alpha value is -1.60. The highest BCUT2D eigenvalue weighted by Gasteiger charge is 2.29. The minimum Gasteiger partial charge on any atom is -0.468 e. The average molecular weight is 314 g/mol. The summed E-state index contributed by atoms with van der Waals surface area (Å²) in [4.78, 5) is 11.6. The summed E-state index contributed by atoms with van der Waals surface area (Å²) >= 11 is 0. The molecule has 0 saturated carbocycles. The number of carbonyl (C=O) groups excluding carboxylic acids is 1. The maximum atomic E-state index is 12.8. The van der Waals surface area contributed by atoms with Crippen LogP contribution in [0.2, 0.25) is 0 Å². The van der Waals surface area contributed by atoms with Crippen LogP contribution in [0.3, 0.4) is 0 Å². The number of likely N-dealkylation sites (N-methyl/N-ethyl adjacent to an activating group) is 1. The van der Waals surface area contributed by atoms with Crippen LogP contribution in [0, 0.1) is 20.8 Å². The zero-order chi connectivity index (χ0) is 16.4. The molecule has 0 fully saturated rings. The van der Waals surface area contributed by atoms with E-state index in [-0.39, 0.29) is 18.0 Å². The van der Waals surface area contributed by atoms with E-state index < -0.39 is 16.0 Å². The third-order valence-corrected chi connectivity index (χ3v) is 5.66. The van der Waals surface area contributed by atoms with Crippen molar-refractivity contribution in [2.45, 2.75) is 32.6 Å². The van der Waals surface area contributed by atoms with E-state index in [0.29, 0.717) is 16.8 Å². The molecule has 6 nitrogen and oxygen atoms in total. The van der Waals surface area contributed by atoms with Crippen LogP contribution in [-0.2, 0) is 19.6 Å². The van der Waals surface area contributed by atoms with Crippen LogP contribution in [0.4, 0.5) is 5.69 Å². The van der Waals surface area contributed by atoms with Crippen molar-refractivity contribution < 1.29 is 17.9 Å². The summed E-state index contributed by atoms with van der Waals surface area (Å²) in [6.07, 6.45) is 0. The van der Waals surface area contributed by atoms with Gasteiger partial charge in [0.1, 0.15) is 6.54 Å². The Kier molecular flexibility index (Phi) is 5.36. The van der Waals surface area contributed by atoms with E-state index in [4.69, 9.17) is 5.73 Å². The zero-order valence-electron chi connectivity index (χ0n) is 13.1. The summed E-state index contributed by atoms with van der Waals surface area (Å²) < 4.78 is 31.2. The van der Waals surface area contributed by atoms with Gasteiger partial charge < -0.3 is 10.5 Å². The highest BCUT2D eigenvalue weighted by Crippen LogP contribution is 2.30. The highest BCUT2D eigenvalue weighted by molar-refractivity contribution is 7.89. The normalized spacial score (nSPS) is 11.7. The van der Waals surface area contributed by atoms with Gasteiger partial charge in [-0.1, -0.05) is 13.0 Å². The smallest absolute Gasteiger partial charge is 0.321 e. The number of carbonyl (C=O) groups is 1. The van der Waals surface area contributed by atoms with Crippen molar-refractivity contribution in [3.8, 4) is 0 Å². The van der Waals surface area contributed by atoms with Gasteiger partial charge in [-0.2, -0.15) is 4.31 Å². The van der Waals surface area contributed by atoms with Gasteiger partial charge in [-0.3, -0.25) is 4.79 Å². The topological polar surface area (TPSA) is 89.7 Å². The molecule has 1 aromatic carbocycles. The van der Waals surface area contributed by atoms with Gasteiger partial charge in [0, 0.05) is 12.2 Å². The Balaban J connectivity index is 3.43. The molecule has 0 unspecified atom stereocenters. The molecule has 0 atom stereocenters. The van der Waals surface area contributed by atoms with Gasteiger partial charge in [-0.05, 0) is 37.5 Å². The van der Waals surface area contributed by atoms with Gasteiger partial charge in [-0.15, -0.1) is 0 Å². The van der Waals surface area contributed by atoms with Crippen LogP contribution >= 0.6 is 0 Å². The molecule has 118 valence electrons. The van der Waals surface area contributed by atoms with Crippen molar-refractivity contribution >= 4 is 21.7 Å². The number of benzene rings is 1. The van der Waals surface area contributed by atoms with Gasteiger partial charge in [0.15, 0.2) is 0 Å². The zero-order valence-corrected chi connectivity index (χ0v) is 13.9. The lowest BCUT2D eigenvalue weighted by molar-refractivity contribution is -0.140. The largest absolute Gasteiger partial charge is 0.468 e. The lowest BCUT2D eigenvalue weighted by Crippen LogP contribution is -2.36. The number of nitrogen functional groups attached to an aromatic ring is 1. The number of anilines is 1. The summed E-state index contributed by atoms with van der Waals surface area (Å²) in [6.45, 7) is 6.75. The Morgan fingerprint density at radius 1 is 1.29 bits per heavy atom. The van der Waals surface area contributed by atoms with E-state index in [1.807, 2.05) is 6.92 Å². The first-order chi connectivity index (χ1) is 9.66. The maximum absolute atomic E-state index is 12.8. The lowest BCUT2D eigenvalue weighted by Gasteiger charge is -2.23. The number of nitrogens with zero attached hydrogens (tertiary/aromatic N) is 1. The van der Waals surface area contributed by atoms with Gasteiger partial charge in [0.2, 0.25) is 10.0 Å². The number of ether oxygens (including phenoxy) is 1. The van der Waals surface area contributed by atoms with E-state index in [0.717, 1.165) is 9.87 Å². The van der Waals surface area contributed by atoms with Crippen molar-refractivity contribution in [1.82, 2.24) is 4.31 Å². The Morgan fingerprint density at radius 2 is 1.86 bits per heavy atom. The van der Waals surface area contributed by atoms with Crippen LogP contribution in [0.5, 0.6) is 0 Å². The van der Waals surface area contributed by atoms with Gasteiger partial charge in [0.25, 0.3) is 0 Å². The second kappa shape index (κ2) is 6.44. The molecule has 21 heavy (non-hydrogen) atoms. The van der Waals surface area contributed by atoms with E-state index in [2.05, 4.69) is 4.74 Å². The molecule has 0 aliphatic rings. The number of rotatable bonds is 5. The minimum absolute atomic E-state index is 0.163. The molecular weight excluding hydrogens is 292 g/mol. The summed E-state index contributed by atoms with van der Waals surface area (Å²) in [5.74, 6) is -0.601. The van der Waals surface area contributed by atoms with Crippen molar-refractivity contribution in [1.29, 1.82) is 0 Å². The number of sulfonamides is 1. The molecule has 0 bridgehead atoms.